The number of Topliss-reactive ketones (excluding diaryl/α,β-unsaturated/α-hetero) is 1. The Balaban J connectivity index is 1.80. The maximum atomic E-state index is 12.5. The van der Waals surface area contributed by atoms with Gasteiger partial charge in [-0.3, -0.25) is 13.5 Å². The number of benzene rings is 1. The first-order valence-electron chi connectivity index (χ1n) is 8.00. The van der Waals surface area contributed by atoms with E-state index in [1.54, 1.807) is 0 Å². The number of aryl methyl sites for hydroxylation is 2. The second-order valence-electron chi connectivity index (χ2n) is 6.25. The molecule has 0 radical (unpaired) electrons. The molecule has 0 amide bonds. The van der Waals surface area contributed by atoms with Crippen LogP contribution in [0.25, 0.3) is 10.2 Å². The van der Waals surface area contributed by atoms with Gasteiger partial charge in [-0.25, -0.2) is 4.98 Å². The number of aromatic nitrogens is 2. The highest BCUT2D eigenvalue weighted by atomic mass is 32.1. The fourth-order valence-electron chi connectivity index (χ4n) is 2.97. The molecule has 124 valence electrons. The molecule has 0 N–H and O–H groups in total. The zero-order valence-electron chi connectivity index (χ0n) is 14.1. The number of ketones is 1. The van der Waals surface area contributed by atoms with Crippen molar-refractivity contribution in [3.05, 3.63) is 63.6 Å². The van der Waals surface area contributed by atoms with Crippen LogP contribution in [0.4, 0.5) is 0 Å². The first kappa shape index (κ1) is 16.6. The van der Waals surface area contributed by atoms with E-state index < -0.39 is 0 Å². The summed E-state index contributed by atoms with van der Waals surface area (Å²) >= 11 is 1.28. The average molecular weight is 340 g/mol. The van der Waals surface area contributed by atoms with Crippen molar-refractivity contribution in [1.29, 1.82) is 0 Å². The van der Waals surface area contributed by atoms with Crippen molar-refractivity contribution in [1.82, 2.24) is 8.94 Å². The molecule has 1 atom stereocenters. The Morgan fingerprint density at radius 1 is 1.25 bits per heavy atom. The third-order valence-electron chi connectivity index (χ3n) is 4.17. The Bertz CT molecular complexity index is 941. The van der Waals surface area contributed by atoms with Crippen LogP contribution in [-0.2, 0) is 11.3 Å². The quantitative estimate of drug-likeness (QED) is 0.709. The summed E-state index contributed by atoms with van der Waals surface area (Å²) in [4.78, 5) is 30.1. The summed E-state index contributed by atoms with van der Waals surface area (Å²) in [5.74, 6) is 0.209. The Morgan fingerprint density at radius 2 is 1.96 bits per heavy atom. The molecule has 3 aromatic rings. The van der Waals surface area contributed by atoms with E-state index in [-0.39, 0.29) is 23.8 Å². The molecule has 2 heterocycles. The SMILES string of the molecule is Cc1cc(C)c2c(=O)n(CC(=O)CC(C)c3ccccc3)sc2n1. The largest absolute Gasteiger partial charge is 0.298 e. The van der Waals surface area contributed by atoms with Crippen molar-refractivity contribution in [2.24, 2.45) is 0 Å². The number of carbonyl (C=O) groups excluding carboxylic acids is 1. The van der Waals surface area contributed by atoms with Crippen LogP contribution in [0.1, 0.15) is 36.1 Å². The second kappa shape index (κ2) is 6.69. The summed E-state index contributed by atoms with van der Waals surface area (Å²) in [6, 6.07) is 11.9. The fraction of sp³-hybridized carbons (Fsp3) is 0.316. The molecule has 1 unspecified atom stereocenters. The Hall–Kier alpha value is -2.27. The van der Waals surface area contributed by atoms with E-state index in [1.807, 2.05) is 57.2 Å². The van der Waals surface area contributed by atoms with Crippen LogP contribution >= 0.6 is 11.5 Å². The lowest BCUT2D eigenvalue weighted by molar-refractivity contribution is -0.119. The number of hydrogen-bond acceptors (Lipinski definition) is 4. The molecule has 2 aromatic heterocycles. The van der Waals surface area contributed by atoms with Gasteiger partial charge >= 0.3 is 0 Å². The molecule has 5 heteroatoms. The summed E-state index contributed by atoms with van der Waals surface area (Å²) in [7, 11) is 0. The molecule has 0 fully saturated rings. The fourth-order valence-corrected chi connectivity index (χ4v) is 4.08. The highest BCUT2D eigenvalue weighted by Gasteiger charge is 2.16. The van der Waals surface area contributed by atoms with Crippen molar-refractivity contribution in [2.45, 2.75) is 39.7 Å². The number of carbonyl (C=O) groups is 1. The van der Waals surface area contributed by atoms with Crippen LogP contribution in [0.2, 0.25) is 0 Å². The molecule has 0 spiro atoms. The van der Waals surface area contributed by atoms with Crippen LogP contribution in [-0.4, -0.2) is 14.7 Å². The number of fused-ring (bicyclic) bond motifs is 1. The summed E-state index contributed by atoms with van der Waals surface area (Å²) in [6.07, 6.45) is 0.427. The molecule has 24 heavy (non-hydrogen) atoms. The number of rotatable bonds is 5. The molecule has 0 saturated heterocycles. The zero-order chi connectivity index (χ0) is 17.3. The van der Waals surface area contributed by atoms with Crippen molar-refractivity contribution < 1.29 is 4.79 Å². The van der Waals surface area contributed by atoms with Crippen molar-refractivity contribution in [3.63, 3.8) is 0 Å². The van der Waals surface area contributed by atoms with E-state index in [0.29, 0.717) is 16.6 Å². The van der Waals surface area contributed by atoms with E-state index in [0.717, 1.165) is 16.8 Å². The molecule has 0 aliphatic rings. The first-order valence-corrected chi connectivity index (χ1v) is 8.77. The van der Waals surface area contributed by atoms with E-state index >= 15 is 0 Å². The van der Waals surface area contributed by atoms with Gasteiger partial charge in [0.15, 0.2) is 5.78 Å². The molecule has 0 bridgehead atoms. The number of pyridine rings is 1. The van der Waals surface area contributed by atoms with E-state index in [2.05, 4.69) is 4.98 Å². The summed E-state index contributed by atoms with van der Waals surface area (Å²) in [5, 5.41) is 0.634. The van der Waals surface area contributed by atoms with Gasteiger partial charge in [0.1, 0.15) is 4.83 Å². The Morgan fingerprint density at radius 3 is 2.67 bits per heavy atom. The van der Waals surface area contributed by atoms with Gasteiger partial charge in [0.05, 0.1) is 11.9 Å². The van der Waals surface area contributed by atoms with Gasteiger partial charge in [-0.05, 0) is 48.5 Å². The summed E-state index contributed by atoms with van der Waals surface area (Å²) in [6.45, 7) is 5.98. The van der Waals surface area contributed by atoms with Gasteiger partial charge in [-0.1, -0.05) is 37.3 Å². The molecular formula is C19H20N2O2S. The lowest BCUT2D eigenvalue weighted by Crippen LogP contribution is -2.20. The van der Waals surface area contributed by atoms with Gasteiger partial charge < -0.3 is 0 Å². The number of hydrogen-bond donors (Lipinski definition) is 0. The molecule has 0 aliphatic carbocycles. The van der Waals surface area contributed by atoms with Crippen molar-refractivity contribution in [3.8, 4) is 0 Å². The third kappa shape index (κ3) is 3.31. The van der Waals surface area contributed by atoms with Gasteiger partial charge in [0.2, 0.25) is 0 Å². The maximum Gasteiger partial charge on any atom is 0.270 e. The van der Waals surface area contributed by atoms with Gasteiger partial charge in [-0.2, -0.15) is 0 Å². The smallest absolute Gasteiger partial charge is 0.270 e. The molecule has 0 saturated carbocycles. The minimum absolute atomic E-state index is 0.0642. The first-order chi connectivity index (χ1) is 11.5. The molecule has 3 rings (SSSR count). The van der Waals surface area contributed by atoms with Crippen LogP contribution in [0.15, 0.2) is 41.2 Å². The Kier molecular flexibility index (Phi) is 4.62. The summed E-state index contributed by atoms with van der Waals surface area (Å²) < 4.78 is 1.53. The van der Waals surface area contributed by atoms with E-state index in [1.165, 1.54) is 15.5 Å². The van der Waals surface area contributed by atoms with E-state index in [4.69, 9.17) is 0 Å². The van der Waals surface area contributed by atoms with Gasteiger partial charge in [0, 0.05) is 12.1 Å². The predicted octanol–water partition coefficient (Wildman–Crippen LogP) is 3.84. The highest BCUT2D eigenvalue weighted by Crippen LogP contribution is 2.21. The zero-order valence-corrected chi connectivity index (χ0v) is 14.9. The standard InChI is InChI=1S/C19H20N2O2S/c1-12(15-7-5-4-6-8-15)10-16(22)11-21-19(23)17-13(2)9-14(3)20-18(17)24-21/h4-9,12H,10-11H2,1-3H3. The van der Waals surface area contributed by atoms with Crippen LogP contribution < -0.4 is 5.56 Å². The molecular weight excluding hydrogens is 320 g/mol. The topological polar surface area (TPSA) is 52.0 Å². The number of nitrogens with zero attached hydrogens (tertiary/aromatic N) is 2. The monoisotopic (exact) mass is 340 g/mol. The lowest BCUT2D eigenvalue weighted by atomic mass is 9.96. The molecule has 1 aromatic carbocycles. The lowest BCUT2D eigenvalue weighted by Gasteiger charge is -2.10. The normalized spacial score (nSPS) is 12.5. The molecule has 0 aliphatic heterocycles. The van der Waals surface area contributed by atoms with Crippen LogP contribution in [0.5, 0.6) is 0 Å². The third-order valence-corrected chi connectivity index (χ3v) is 5.15. The van der Waals surface area contributed by atoms with Crippen LogP contribution in [0.3, 0.4) is 0 Å². The van der Waals surface area contributed by atoms with Gasteiger partial charge in [0.25, 0.3) is 5.56 Å². The highest BCUT2D eigenvalue weighted by molar-refractivity contribution is 7.13. The second-order valence-corrected chi connectivity index (χ2v) is 7.26. The average Bonchev–Trinajstić information content (AvgIpc) is 2.83. The minimum atomic E-state index is -0.110. The van der Waals surface area contributed by atoms with Crippen molar-refractivity contribution in [2.75, 3.05) is 0 Å². The maximum absolute atomic E-state index is 12.5. The van der Waals surface area contributed by atoms with Crippen LogP contribution in [0, 0.1) is 13.8 Å². The van der Waals surface area contributed by atoms with Crippen molar-refractivity contribution >= 4 is 27.5 Å². The predicted molar refractivity (Wildman–Crippen MR) is 97.8 cm³/mol. The summed E-state index contributed by atoms with van der Waals surface area (Å²) in [5.41, 5.74) is 2.84. The Labute approximate surface area is 144 Å². The van der Waals surface area contributed by atoms with E-state index in [9.17, 15) is 9.59 Å². The minimum Gasteiger partial charge on any atom is -0.298 e. The van der Waals surface area contributed by atoms with Gasteiger partial charge in [-0.15, -0.1) is 0 Å². The molecule has 4 nitrogen and oxygen atoms in total.